The van der Waals surface area contributed by atoms with Crippen LogP contribution >= 0.6 is 0 Å². The van der Waals surface area contributed by atoms with Crippen LogP contribution in [0.4, 0.5) is 0 Å². The van der Waals surface area contributed by atoms with Gasteiger partial charge >= 0.3 is 208 Å². The summed E-state index contributed by atoms with van der Waals surface area (Å²) in [4.78, 5) is 0. The van der Waals surface area contributed by atoms with Crippen LogP contribution in [-0.4, -0.2) is 3.21 Å². The molecule has 2 aliphatic carbocycles. The fourth-order valence-corrected chi connectivity index (χ4v) is 14.3. The van der Waals surface area contributed by atoms with E-state index in [2.05, 4.69) is 120 Å². The molecule has 0 saturated carbocycles. The molecule has 0 amide bonds. The van der Waals surface area contributed by atoms with Gasteiger partial charge in [-0.1, -0.05) is 0 Å². The predicted molar refractivity (Wildman–Crippen MR) is 140 cm³/mol. The van der Waals surface area contributed by atoms with Crippen molar-refractivity contribution < 1.29 is 46.1 Å². The molecule has 0 radical (unpaired) electrons. The maximum Gasteiger partial charge on any atom is -1.00 e. The Balaban J connectivity index is 0.00000171. The molecule has 0 heterocycles. The summed E-state index contributed by atoms with van der Waals surface area (Å²) < 4.78 is 5.09. The Morgan fingerprint density at radius 2 is 1.46 bits per heavy atom. The van der Waals surface area contributed by atoms with Gasteiger partial charge in [-0.3, -0.25) is 0 Å². The summed E-state index contributed by atoms with van der Waals surface area (Å²) in [7, 11) is 0. The minimum atomic E-state index is -2.42. The Morgan fingerprint density at radius 1 is 0.829 bits per heavy atom. The van der Waals surface area contributed by atoms with E-state index in [1.54, 1.807) is 26.5 Å². The molecule has 0 aliphatic heterocycles. The Morgan fingerprint density at radius 3 is 2.11 bits per heavy atom. The van der Waals surface area contributed by atoms with Crippen LogP contribution in [0.25, 0.3) is 11.1 Å². The number of allylic oxidation sites excluding steroid dienone is 4. The van der Waals surface area contributed by atoms with Gasteiger partial charge in [0.15, 0.2) is 0 Å². The van der Waals surface area contributed by atoms with Crippen LogP contribution in [0.15, 0.2) is 93.3 Å². The first-order chi connectivity index (χ1) is 15.8. The summed E-state index contributed by atoms with van der Waals surface area (Å²) in [6.07, 6.45) is 3.65. The largest absolute Gasteiger partial charge is 1.00 e. The van der Waals surface area contributed by atoms with Gasteiger partial charge in [0.1, 0.15) is 0 Å². The molecule has 3 aromatic rings. The van der Waals surface area contributed by atoms with Crippen molar-refractivity contribution in [3.63, 3.8) is 0 Å². The molecule has 0 aromatic heterocycles. The molecule has 3 aromatic carbocycles. The SMILES string of the molecule is CC1=[C](/[Zr+2](=[C](\C)c2ccccc2)[c]2cccc3c2Cc2ccccc2-3)C(C)C=C1C(C)(C)C.[Cl-].[Cl-]. The van der Waals surface area contributed by atoms with Crippen LogP contribution in [0.3, 0.4) is 0 Å². The zero-order chi connectivity index (χ0) is 23.3. The molecule has 3 heteroatoms. The Bertz CT molecular complexity index is 1340. The third kappa shape index (κ3) is 5.02. The summed E-state index contributed by atoms with van der Waals surface area (Å²) in [6, 6.07) is 27.3. The molecular weight excluding hydrogens is 546 g/mol. The minimum Gasteiger partial charge on any atom is -1.00 e. The van der Waals surface area contributed by atoms with E-state index in [-0.39, 0.29) is 30.2 Å². The molecule has 0 fully saturated rings. The van der Waals surface area contributed by atoms with Crippen LogP contribution in [-0.2, 0) is 27.7 Å². The molecule has 0 saturated heterocycles. The summed E-state index contributed by atoms with van der Waals surface area (Å²) in [5, 5.41) is 0. The number of halogens is 2. The van der Waals surface area contributed by atoms with Gasteiger partial charge in [-0.05, 0) is 0 Å². The summed E-state index contributed by atoms with van der Waals surface area (Å²) in [5.41, 5.74) is 10.7. The van der Waals surface area contributed by atoms with Crippen molar-refractivity contribution in [1.82, 2.24) is 0 Å². The smallest absolute Gasteiger partial charge is 1.00 e. The molecule has 1 atom stereocenters. The van der Waals surface area contributed by atoms with Crippen LogP contribution in [0.5, 0.6) is 0 Å². The van der Waals surface area contributed by atoms with Crippen molar-refractivity contribution >= 4 is 6.48 Å². The number of rotatable bonds is 3. The monoisotopic (exact) mass is 578 g/mol. The number of fused-ring (bicyclic) bond motifs is 3. The molecule has 5 rings (SSSR count). The number of hydrogen-bond donors (Lipinski definition) is 0. The zero-order valence-corrected chi connectivity index (χ0v) is 25.5. The van der Waals surface area contributed by atoms with Crippen LogP contribution < -0.4 is 28.1 Å². The van der Waals surface area contributed by atoms with E-state index in [4.69, 9.17) is 0 Å². The molecule has 1 unspecified atom stereocenters. The molecule has 0 bridgehead atoms. The Hall–Kier alpha value is -1.53. The third-order valence-corrected chi connectivity index (χ3v) is 15.9. The average Bonchev–Trinajstić information content (AvgIpc) is 3.33. The van der Waals surface area contributed by atoms with Crippen molar-refractivity contribution in [1.29, 1.82) is 0 Å². The van der Waals surface area contributed by atoms with Gasteiger partial charge in [0.2, 0.25) is 0 Å². The zero-order valence-electron chi connectivity index (χ0n) is 21.5. The molecule has 180 valence electrons. The Kier molecular flexibility index (Phi) is 8.69. The standard InChI is InChI=1S/C13H9.C11H17.C8H8.2ClH.Zr/c1-3-7-12-10(5-1)9-11-6-2-4-8-13(11)12;1-8-6-9(2)10(7-8)11(3,4)5;1-2-8-6-4-3-5-7-8;;;/h1-5,7-8H,9H2;7-8H,1-5H3;3-7H,1H3;2*1H;/q;;;;;+2/p-2. The minimum absolute atomic E-state index is 0. The van der Waals surface area contributed by atoms with Gasteiger partial charge in [0.05, 0.1) is 0 Å². The van der Waals surface area contributed by atoms with Crippen molar-refractivity contribution in [2.24, 2.45) is 11.3 Å². The molecule has 2 aliphatic rings. The van der Waals surface area contributed by atoms with E-state index in [1.165, 1.54) is 22.3 Å². The van der Waals surface area contributed by atoms with Crippen molar-refractivity contribution in [2.45, 2.75) is 48.0 Å². The van der Waals surface area contributed by atoms with Gasteiger partial charge in [0, 0.05) is 0 Å². The number of hydrogen-bond acceptors (Lipinski definition) is 0. The van der Waals surface area contributed by atoms with Crippen LogP contribution in [0, 0.1) is 11.3 Å². The van der Waals surface area contributed by atoms with E-state index in [1.807, 2.05) is 0 Å². The quantitative estimate of drug-likeness (QED) is 0.346. The van der Waals surface area contributed by atoms with Crippen molar-refractivity contribution in [3.05, 3.63) is 110 Å². The predicted octanol–water partition coefficient (Wildman–Crippen LogP) is 1.65. The van der Waals surface area contributed by atoms with E-state index in [0.29, 0.717) is 5.92 Å². The normalized spacial score (nSPS) is 16.6. The van der Waals surface area contributed by atoms with Gasteiger partial charge in [-0.25, -0.2) is 0 Å². The van der Waals surface area contributed by atoms with Crippen LogP contribution in [0.1, 0.15) is 58.2 Å². The van der Waals surface area contributed by atoms with Gasteiger partial charge in [0.25, 0.3) is 0 Å². The fourth-order valence-electron chi connectivity index (χ4n) is 5.95. The van der Waals surface area contributed by atoms with E-state index < -0.39 is 21.3 Å². The molecular formula is C32H34Cl2Zr. The maximum atomic E-state index is 2.57. The average molecular weight is 581 g/mol. The first kappa shape index (κ1) is 28.1. The Labute approximate surface area is 231 Å². The number of benzene rings is 3. The summed E-state index contributed by atoms with van der Waals surface area (Å²) >= 11 is -2.42. The van der Waals surface area contributed by atoms with Crippen molar-refractivity contribution in [3.8, 4) is 11.1 Å². The van der Waals surface area contributed by atoms with E-state index in [9.17, 15) is 0 Å². The topological polar surface area (TPSA) is 0 Å². The maximum absolute atomic E-state index is 2.57. The molecule has 0 N–H and O–H groups in total. The van der Waals surface area contributed by atoms with Gasteiger partial charge in [-0.15, -0.1) is 0 Å². The van der Waals surface area contributed by atoms with Gasteiger partial charge in [-0.2, -0.15) is 0 Å². The third-order valence-electron chi connectivity index (χ3n) is 7.46. The molecule has 35 heavy (non-hydrogen) atoms. The molecule has 0 nitrogen and oxygen atoms in total. The first-order valence-corrected chi connectivity index (χ1v) is 15.9. The second kappa shape index (κ2) is 10.8. The second-order valence-electron chi connectivity index (χ2n) is 10.7. The van der Waals surface area contributed by atoms with E-state index in [0.717, 1.165) is 6.42 Å². The molecule has 0 spiro atoms. The van der Waals surface area contributed by atoms with Gasteiger partial charge < -0.3 is 24.8 Å². The van der Waals surface area contributed by atoms with Crippen molar-refractivity contribution in [2.75, 3.05) is 0 Å². The van der Waals surface area contributed by atoms with E-state index >= 15 is 0 Å². The summed E-state index contributed by atoms with van der Waals surface area (Å²) in [5.74, 6) is 0.520. The summed E-state index contributed by atoms with van der Waals surface area (Å²) in [6.45, 7) is 14.4. The fraction of sp³-hybridized carbons (Fsp3) is 0.281. The second-order valence-corrected chi connectivity index (χ2v) is 17.0. The first-order valence-electron chi connectivity index (χ1n) is 12.2. The van der Waals surface area contributed by atoms with Crippen LogP contribution in [0.2, 0.25) is 0 Å².